The fourth-order valence-corrected chi connectivity index (χ4v) is 4.18. The van der Waals surface area contributed by atoms with Crippen molar-refractivity contribution in [1.82, 2.24) is 10.3 Å². The lowest BCUT2D eigenvalue weighted by Gasteiger charge is -2.22. The smallest absolute Gasteiger partial charge is 0.103 e. The van der Waals surface area contributed by atoms with Crippen LogP contribution in [0.4, 0.5) is 0 Å². The minimum Gasteiger partial charge on any atom is -0.309 e. The lowest BCUT2D eigenvalue weighted by Crippen LogP contribution is -2.24. The highest BCUT2D eigenvalue weighted by Gasteiger charge is 2.23. The normalized spacial score (nSPS) is 19.3. The van der Waals surface area contributed by atoms with Gasteiger partial charge in [-0.2, -0.15) is 11.8 Å². The summed E-state index contributed by atoms with van der Waals surface area (Å²) in [4.78, 5) is 6.33. The van der Waals surface area contributed by atoms with Gasteiger partial charge in [0.25, 0.3) is 0 Å². The van der Waals surface area contributed by atoms with Crippen LogP contribution < -0.4 is 5.32 Å². The number of hydrogen-bond acceptors (Lipinski definition) is 4. The molecule has 0 saturated carbocycles. The fraction of sp³-hybridized carbons (Fsp3) is 0.769. The van der Waals surface area contributed by atoms with E-state index < -0.39 is 0 Å². The van der Waals surface area contributed by atoms with E-state index in [0.29, 0.717) is 6.04 Å². The lowest BCUT2D eigenvalue weighted by molar-refractivity contribution is 0.464. The van der Waals surface area contributed by atoms with Crippen molar-refractivity contribution in [3.8, 4) is 0 Å². The van der Waals surface area contributed by atoms with Crippen molar-refractivity contribution in [2.75, 3.05) is 12.3 Å². The molecule has 0 radical (unpaired) electrons. The van der Waals surface area contributed by atoms with E-state index in [2.05, 4.69) is 19.2 Å². The van der Waals surface area contributed by atoms with Gasteiger partial charge in [-0.3, -0.25) is 0 Å². The van der Waals surface area contributed by atoms with Gasteiger partial charge in [-0.05, 0) is 38.0 Å². The number of thiazole rings is 1. The van der Waals surface area contributed by atoms with Crippen LogP contribution in [0.1, 0.15) is 54.7 Å². The maximum atomic E-state index is 4.80. The first kappa shape index (κ1) is 13.4. The third kappa shape index (κ3) is 3.46. The van der Waals surface area contributed by atoms with Crippen molar-refractivity contribution >= 4 is 23.1 Å². The quantitative estimate of drug-likeness (QED) is 0.851. The Morgan fingerprint density at radius 1 is 1.47 bits per heavy atom. The van der Waals surface area contributed by atoms with Gasteiger partial charge in [0.1, 0.15) is 5.01 Å². The van der Waals surface area contributed by atoms with Gasteiger partial charge in [-0.15, -0.1) is 11.3 Å². The molecular weight excluding hydrogens is 248 g/mol. The van der Waals surface area contributed by atoms with Gasteiger partial charge in [0.15, 0.2) is 0 Å². The Morgan fingerprint density at radius 3 is 3.12 bits per heavy atom. The minimum absolute atomic E-state index is 0.580. The van der Waals surface area contributed by atoms with E-state index in [4.69, 9.17) is 4.98 Å². The number of aromatic nitrogens is 1. The fourth-order valence-electron chi connectivity index (χ4n) is 2.23. The molecule has 0 aliphatic heterocycles. The Bertz CT molecular complexity index is 349. The van der Waals surface area contributed by atoms with Crippen LogP contribution in [0.15, 0.2) is 0 Å². The minimum atomic E-state index is 0.580. The van der Waals surface area contributed by atoms with Crippen LogP contribution in [-0.4, -0.2) is 17.3 Å². The van der Waals surface area contributed by atoms with Crippen molar-refractivity contribution in [3.05, 3.63) is 15.6 Å². The third-order valence-electron chi connectivity index (χ3n) is 3.07. The maximum Gasteiger partial charge on any atom is 0.103 e. The lowest BCUT2D eigenvalue weighted by atomic mass is 9.98. The van der Waals surface area contributed by atoms with Crippen molar-refractivity contribution in [1.29, 1.82) is 0 Å². The first-order valence-electron chi connectivity index (χ1n) is 6.64. The molecule has 0 saturated heterocycles. The molecular formula is C13H22N2S2. The summed E-state index contributed by atoms with van der Waals surface area (Å²) in [5, 5.41) is 4.99. The molecule has 1 aromatic rings. The average Bonchev–Trinajstić information content (AvgIpc) is 2.77. The van der Waals surface area contributed by atoms with Crippen LogP contribution in [-0.2, 0) is 12.2 Å². The number of fused-ring (bicyclic) bond motifs is 1. The predicted molar refractivity (Wildman–Crippen MR) is 77.9 cm³/mol. The van der Waals surface area contributed by atoms with Gasteiger partial charge in [0.05, 0.1) is 5.69 Å². The molecule has 1 aliphatic carbocycles. The van der Waals surface area contributed by atoms with E-state index in [1.165, 1.54) is 47.0 Å². The largest absolute Gasteiger partial charge is 0.309 e. The zero-order chi connectivity index (χ0) is 12.1. The van der Waals surface area contributed by atoms with E-state index >= 15 is 0 Å². The van der Waals surface area contributed by atoms with Crippen LogP contribution in [0.2, 0.25) is 0 Å². The van der Waals surface area contributed by atoms with Crippen LogP contribution in [0.3, 0.4) is 0 Å². The van der Waals surface area contributed by atoms with Crippen molar-refractivity contribution in [3.63, 3.8) is 0 Å². The molecule has 2 nitrogen and oxygen atoms in total. The number of nitrogens with zero attached hydrogens (tertiary/aromatic N) is 1. The van der Waals surface area contributed by atoms with Gasteiger partial charge < -0.3 is 5.32 Å². The Labute approximate surface area is 113 Å². The van der Waals surface area contributed by atoms with Crippen molar-refractivity contribution < 1.29 is 0 Å². The first-order valence-corrected chi connectivity index (χ1v) is 8.61. The molecule has 1 N–H and O–H groups in total. The third-order valence-corrected chi connectivity index (χ3v) is 5.34. The van der Waals surface area contributed by atoms with Crippen molar-refractivity contribution in [2.45, 2.75) is 51.3 Å². The van der Waals surface area contributed by atoms with Gasteiger partial charge in [0.2, 0.25) is 0 Å². The van der Waals surface area contributed by atoms with E-state index in [0.717, 1.165) is 12.3 Å². The second-order valence-corrected chi connectivity index (χ2v) is 6.84. The first-order chi connectivity index (χ1) is 8.35. The molecule has 0 bridgehead atoms. The van der Waals surface area contributed by atoms with Gasteiger partial charge >= 0.3 is 0 Å². The number of hydrogen-bond donors (Lipinski definition) is 1. The van der Waals surface area contributed by atoms with Gasteiger partial charge in [-0.25, -0.2) is 4.98 Å². The Kier molecular flexibility index (Phi) is 5.32. The molecule has 0 aromatic carbocycles. The highest BCUT2D eigenvalue weighted by atomic mass is 32.2. The van der Waals surface area contributed by atoms with E-state index in [-0.39, 0.29) is 0 Å². The molecule has 2 rings (SSSR count). The number of aryl methyl sites for hydroxylation is 1. The summed E-state index contributed by atoms with van der Waals surface area (Å²) >= 11 is 3.91. The van der Waals surface area contributed by atoms with Crippen LogP contribution in [0.25, 0.3) is 0 Å². The Hall–Kier alpha value is -0.0600. The van der Waals surface area contributed by atoms with Crippen LogP contribution in [0, 0.1) is 0 Å². The molecule has 1 heterocycles. The summed E-state index contributed by atoms with van der Waals surface area (Å²) < 4.78 is 0. The summed E-state index contributed by atoms with van der Waals surface area (Å²) in [6.07, 6.45) is 4.98. The number of nitrogens with one attached hydrogen (secondary N) is 1. The topological polar surface area (TPSA) is 24.9 Å². The Morgan fingerprint density at radius 2 is 2.35 bits per heavy atom. The van der Waals surface area contributed by atoms with E-state index in [1.54, 1.807) is 0 Å². The molecule has 17 heavy (non-hydrogen) atoms. The molecule has 4 heteroatoms. The molecule has 0 amide bonds. The number of thioether (sulfide) groups is 1. The average molecular weight is 270 g/mol. The molecule has 0 fully saturated rings. The highest BCUT2D eigenvalue weighted by molar-refractivity contribution is 7.98. The summed E-state index contributed by atoms with van der Waals surface area (Å²) in [7, 11) is 0. The van der Waals surface area contributed by atoms with Crippen LogP contribution >= 0.6 is 23.1 Å². The molecule has 1 atom stereocenters. The summed E-state index contributed by atoms with van der Waals surface area (Å²) in [6, 6.07) is 0.580. The molecule has 1 aliphatic rings. The van der Waals surface area contributed by atoms with Gasteiger partial charge in [0, 0.05) is 16.7 Å². The standard InChI is InChI=1S/C13H22N2S2/c1-3-8-14-10-6-5-7-11-13(10)17-12(15-11)9-16-4-2/h10,14H,3-9H2,1-2H3. The second-order valence-electron chi connectivity index (χ2n) is 4.45. The maximum absolute atomic E-state index is 4.80. The molecule has 0 spiro atoms. The van der Waals surface area contributed by atoms with Crippen LogP contribution in [0.5, 0.6) is 0 Å². The monoisotopic (exact) mass is 270 g/mol. The highest BCUT2D eigenvalue weighted by Crippen LogP contribution is 2.35. The van der Waals surface area contributed by atoms with E-state index in [1.807, 2.05) is 23.1 Å². The SMILES string of the molecule is CCCNC1CCCc2nc(CSCC)sc21. The second kappa shape index (κ2) is 6.76. The van der Waals surface area contributed by atoms with Crippen molar-refractivity contribution in [2.24, 2.45) is 0 Å². The molecule has 1 unspecified atom stereocenters. The predicted octanol–water partition coefficient (Wildman–Crippen LogP) is 3.77. The Balaban J connectivity index is 2.05. The zero-order valence-corrected chi connectivity index (χ0v) is 12.4. The molecule has 96 valence electrons. The zero-order valence-electron chi connectivity index (χ0n) is 10.8. The number of rotatable bonds is 6. The van der Waals surface area contributed by atoms with Gasteiger partial charge in [-0.1, -0.05) is 13.8 Å². The van der Waals surface area contributed by atoms with E-state index in [9.17, 15) is 0 Å². The summed E-state index contributed by atoms with van der Waals surface area (Å²) in [5.74, 6) is 2.27. The summed E-state index contributed by atoms with van der Waals surface area (Å²) in [6.45, 7) is 5.57. The molecule has 1 aromatic heterocycles. The summed E-state index contributed by atoms with van der Waals surface area (Å²) in [5.41, 5.74) is 1.38.